The van der Waals surface area contributed by atoms with Gasteiger partial charge in [-0.25, -0.2) is 4.79 Å². The van der Waals surface area contributed by atoms with Gasteiger partial charge in [-0.3, -0.25) is 4.79 Å². The average Bonchev–Trinajstić information content (AvgIpc) is 2.30. The van der Waals surface area contributed by atoms with Crippen molar-refractivity contribution in [1.29, 1.82) is 0 Å². The largest absolute Gasteiger partial charge is 0.462 e. The Morgan fingerprint density at radius 1 is 1.24 bits per heavy atom. The predicted molar refractivity (Wildman–Crippen MR) is 68.2 cm³/mol. The first-order chi connectivity index (χ1) is 8.19. The maximum atomic E-state index is 11.7. The van der Waals surface area contributed by atoms with Gasteiger partial charge in [0.25, 0.3) is 0 Å². The van der Waals surface area contributed by atoms with Crippen molar-refractivity contribution in [3.05, 3.63) is 29.8 Å². The monoisotopic (exact) mass is 252 g/mol. The minimum absolute atomic E-state index is 0.0734. The van der Waals surface area contributed by atoms with Crippen molar-refractivity contribution in [3.63, 3.8) is 0 Å². The van der Waals surface area contributed by atoms with Gasteiger partial charge in [-0.2, -0.15) is 0 Å². The molecule has 0 saturated carbocycles. The first-order valence-corrected chi connectivity index (χ1v) is 6.47. The van der Waals surface area contributed by atoms with Crippen molar-refractivity contribution >= 4 is 22.8 Å². The number of esters is 1. The molecule has 0 N–H and O–H groups in total. The summed E-state index contributed by atoms with van der Waals surface area (Å²) in [7, 11) is 0. The molecule has 4 heteroatoms. The van der Waals surface area contributed by atoms with Gasteiger partial charge in [-0.05, 0) is 25.5 Å². The Morgan fingerprint density at radius 3 is 2.59 bits per heavy atom. The van der Waals surface area contributed by atoms with Gasteiger partial charge in [-0.15, -0.1) is 0 Å². The van der Waals surface area contributed by atoms with E-state index in [1.54, 1.807) is 25.1 Å². The van der Waals surface area contributed by atoms with Crippen LogP contribution >= 0.6 is 11.8 Å². The molecule has 0 spiro atoms. The second-order valence-electron chi connectivity index (χ2n) is 3.44. The third-order valence-electron chi connectivity index (χ3n) is 2.06. The zero-order valence-electron chi connectivity index (χ0n) is 10.1. The molecule has 0 amide bonds. The first kappa shape index (κ1) is 13.8. The van der Waals surface area contributed by atoms with Gasteiger partial charge in [0.15, 0.2) is 5.12 Å². The molecule has 0 saturated heterocycles. The molecule has 0 heterocycles. The van der Waals surface area contributed by atoms with Crippen LogP contribution in [0.2, 0.25) is 0 Å². The lowest BCUT2D eigenvalue weighted by atomic mass is 10.2. The number of thioether (sulfide) groups is 1. The number of carbonyl (C=O) groups excluding carboxylic acids is 2. The van der Waals surface area contributed by atoms with Crippen molar-refractivity contribution < 1.29 is 14.3 Å². The molecule has 0 aromatic heterocycles. The number of hydrogen-bond donors (Lipinski definition) is 0. The zero-order chi connectivity index (χ0) is 12.7. The molecule has 0 fully saturated rings. The molecule has 3 nitrogen and oxygen atoms in total. The topological polar surface area (TPSA) is 43.4 Å². The highest BCUT2D eigenvalue weighted by Gasteiger charge is 2.14. The van der Waals surface area contributed by atoms with E-state index < -0.39 is 0 Å². The summed E-state index contributed by atoms with van der Waals surface area (Å²) in [6, 6.07) is 7.02. The second-order valence-corrected chi connectivity index (χ2v) is 4.54. The van der Waals surface area contributed by atoms with Gasteiger partial charge in [0, 0.05) is 11.3 Å². The Labute approximate surface area is 106 Å². The molecular formula is C13H16O3S. The minimum atomic E-state index is -0.375. The molecule has 0 atom stereocenters. The highest BCUT2D eigenvalue weighted by atomic mass is 32.2. The van der Waals surface area contributed by atoms with E-state index in [0.29, 0.717) is 23.5 Å². The van der Waals surface area contributed by atoms with Crippen LogP contribution in [0.25, 0.3) is 0 Å². The molecule has 1 aromatic carbocycles. The molecule has 0 aliphatic rings. The first-order valence-electron chi connectivity index (χ1n) is 5.65. The second kappa shape index (κ2) is 7.12. The number of ether oxygens (including phenoxy) is 1. The lowest BCUT2D eigenvalue weighted by Crippen LogP contribution is -2.06. The van der Waals surface area contributed by atoms with Gasteiger partial charge < -0.3 is 4.74 Å². The number of carbonyl (C=O) groups is 2. The summed E-state index contributed by atoms with van der Waals surface area (Å²) in [4.78, 5) is 23.9. The van der Waals surface area contributed by atoms with Gasteiger partial charge in [-0.1, -0.05) is 30.8 Å². The predicted octanol–water partition coefficient (Wildman–Crippen LogP) is 3.28. The molecule has 0 unspecified atom stereocenters. The third kappa shape index (κ3) is 4.23. The number of benzene rings is 1. The summed E-state index contributed by atoms with van der Waals surface area (Å²) < 4.78 is 4.95. The van der Waals surface area contributed by atoms with Crippen molar-refractivity contribution in [2.45, 2.75) is 31.6 Å². The van der Waals surface area contributed by atoms with E-state index in [2.05, 4.69) is 0 Å². The van der Waals surface area contributed by atoms with Crippen LogP contribution in [0.5, 0.6) is 0 Å². The molecule has 17 heavy (non-hydrogen) atoms. The van der Waals surface area contributed by atoms with Crippen molar-refractivity contribution in [2.75, 3.05) is 6.61 Å². The van der Waals surface area contributed by atoms with Gasteiger partial charge in [0.2, 0.25) is 0 Å². The van der Waals surface area contributed by atoms with Crippen molar-refractivity contribution in [3.8, 4) is 0 Å². The van der Waals surface area contributed by atoms with Crippen LogP contribution < -0.4 is 0 Å². The lowest BCUT2D eigenvalue weighted by Gasteiger charge is -2.07. The van der Waals surface area contributed by atoms with E-state index >= 15 is 0 Å². The zero-order valence-corrected chi connectivity index (χ0v) is 10.9. The summed E-state index contributed by atoms with van der Waals surface area (Å²) in [5, 5.41) is 0.0734. The van der Waals surface area contributed by atoms with Crippen molar-refractivity contribution in [2.24, 2.45) is 0 Å². The molecule has 1 aromatic rings. The van der Waals surface area contributed by atoms with Crippen LogP contribution in [0.15, 0.2) is 29.2 Å². The van der Waals surface area contributed by atoms with E-state index in [4.69, 9.17) is 4.74 Å². The maximum absolute atomic E-state index is 11.7. The lowest BCUT2D eigenvalue weighted by molar-refractivity contribution is -0.111. The molecule has 92 valence electrons. The van der Waals surface area contributed by atoms with Crippen LogP contribution in [0.1, 0.15) is 37.0 Å². The summed E-state index contributed by atoms with van der Waals surface area (Å²) in [5.74, 6) is -0.375. The van der Waals surface area contributed by atoms with Crippen LogP contribution in [-0.2, 0) is 9.53 Å². The van der Waals surface area contributed by atoms with Crippen LogP contribution in [0, 0.1) is 0 Å². The quantitative estimate of drug-likeness (QED) is 0.596. The normalized spacial score (nSPS) is 10.0. The molecule has 0 aliphatic heterocycles. The highest BCUT2D eigenvalue weighted by molar-refractivity contribution is 8.13. The smallest absolute Gasteiger partial charge is 0.339 e. The summed E-state index contributed by atoms with van der Waals surface area (Å²) in [5.41, 5.74) is 0.462. The van der Waals surface area contributed by atoms with E-state index in [-0.39, 0.29) is 11.1 Å². The van der Waals surface area contributed by atoms with Crippen LogP contribution in [-0.4, -0.2) is 17.7 Å². The van der Waals surface area contributed by atoms with Gasteiger partial charge in [0.1, 0.15) is 0 Å². The number of rotatable bonds is 5. The molecule has 0 bridgehead atoms. The fourth-order valence-corrected chi connectivity index (χ4v) is 2.27. The Morgan fingerprint density at radius 2 is 1.94 bits per heavy atom. The molecule has 1 rings (SSSR count). The van der Waals surface area contributed by atoms with E-state index in [1.807, 2.05) is 13.0 Å². The Balaban J connectivity index is 2.84. The van der Waals surface area contributed by atoms with E-state index in [0.717, 1.165) is 18.2 Å². The fraction of sp³-hybridized carbons (Fsp3) is 0.385. The highest BCUT2D eigenvalue weighted by Crippen LogP contribution is 2.25. The minimum Gasteiger partial charge on any atom is -0.462 e. The molecular weight excluding hydrogens is 236 g/mol. The SMILES string of the molecule is CCCC(=O)Sc1ccccc1C(=O)OCC. The third-order valence-corrected chi connectivity index (χ3v) is 3.07. The maximum Gasteiger partial charge on any atom is 0.339 e. The Hall–Kier alpha value is -1.29. The molecule has 0 aliphatic carbocycles. The Kier molecular flexibility index (Phi) is 5.77. The van der Waals surface area contributed by atoms with Crippen LogP contribution in [0.4, 0.5) is 0 Å². The van der Waals surface area contributed by atoms with E-state index in [9.17, 15) is 9.59 Å². The molecule has 0 radical (unpaired) electrons. The Bertz CT molecular complexity index is 401. The number of hydrogen-bond acceptors (Lipinski definition) is 4. The fourth-order valence-electron chi connectivity index (χ4n) is 1.31. The van der Waals surface area contributed by atoms with Gasteiger partial charge >= 0.3 is 5.97 Å². The summed E-state index contributed by atoms with van der Waals surface area (Å²) in [6.07, 6.45) is 1.33. The summed E-state index contributed by atoms with van der Waals surface area (Å²) >= 11 is 1.11. The van der Waals surface area contributed by atoms with E-state index in [1.165, 1.54) is 0 Å². The summed E-state index contributed by atoms with van der Waals surface area (Å²) in [6.45, 7) is 4.05. The average molecular weight is 252 g/mol. The van der Waals surface area contributed by atoms with Gasteiger partial charge in [0.05, 0.1) is 12.2 Å². The standard InChI is InChI=1S/C13H16O3S/c1-3-7-12(14)17-11-9-6-5-8-10(11)13(15)16-4-2/h5-6,8-9H,3-4,7H2,1-2H3. The van der Waals surface area contributed by atoms with Crippen LogP contribution in [0.3, 0.4) is 0 Å². The van der Waals surface area contributed by atoms with Crippen molar-refractivity contribution in [1.82, 2.24) is 0 Å².